The molecule has 29 heavy (non-hydrogen) atoms. The van der Waals surface area contributed by atoms with E-state index in [2.05, 4.69) is 16.2 Å². The fraction of sp³-hybridized carbons (Fsp3) is 0.158. The molecule has 8 nitrogen and oxygen atoms in total. The predicted octanol–water partition coefficient (Wildman–Crippen LogP) is 1.72. The SMILES string of the molecule is CCOC(=O)c1ccc(OCC(=O)NNC(=S)NC(=O)c2ccccc2F)cc1. The minimum absolute atomic E-state index is 0.183. The summed E-state index contributed by atoms with van der Waals surface area (Å²) in [4.78, 5) is 35.2. The summed E-state index contributed by atoms with van der Waals surface area (Å²) in [6, 6.07) is 11.5. The van der Waals surface area contributed by atoms with E-state index in [1.54, 1.807) is 6.92 Å². The average Bonchev–Trinajstić information content (AvgIpc) is 2.71. The van der Waals surface area contributed by atoms with Gasteiger partial charge >= 0.3 is 5.97 Å². The van der Waals surface area contributed by atoms with Crippen LogP contribution in [0.25, 0.3) is 0 Å². The van der Waals surface area contributed by atoms with Gasteiger partial charge in [-0.3, -0.25) is 25.8 Å². The molecule has 0 aliphatic heterocycles. The van der Waals surface area contributed by atoms with E-state index >= 15 is 0 Å². The maximum atomic E-state index is 13.5. The first-order valence-electron chi connectivity index (χ1n) is 8.45. The Kier molecular flexibility index (Phi) is 8.04. The van der Waals surface area contributed by atoms with Gasteiger partial charge in [0.25, 0.3) is 11.8 Å². The highest BCUT2D eigenvalue weighted by molar-refractivity contribution is 7.80. The zero-order chi connectivity index (χ0) is 21.2. The summed E-state index contributed by atoms with van der Waals surface area (Å²) < 4.78 is 23.7. The fourth-order valence-corrected chi connectivity index (χ4v) is 2.20. The van der Waals surface area contributed by atoms with E-state index in [4.69, 9.17) is 21.7 Å². The molecule has 3 N–H and O–H groups in total. The van der Waals surface area contributed by atoms with Crippen molar-refractivity contribution in [2.75, 3.05) is 13.2 Å². The summed E-state index contributed by atoms with van der Waals surface area (Å²) in [5.74, 6) is -2.12. The van der Waals surface area contributed by atoms with Gasteiger partial charge in [0.2, 0.25) is 0 Å². The molecule has 2 rings (SSSR count). The van der Waals surface area contributed by atoms with Crippen molar-refractivity contribution < 1.29 is 28.2 Å². The lowest BCUT2D eigenvalue weighted by Crippen LogP contribution is -2.49. The van der Waals surface area contributed by atoms with E-state index < -0.39 is 23.6 Å². The third-order valence-electron chi connectivity index (χ3n) is 3.40. The summed E-state index contributed by atoms with van der Waals surface area (Å²) in [5, 5.41) is 2.02. The van der Waals surface area contributed by atoms with E-state index in [1.807, 2.05) is 0 Å². The van der Waals surface area contributed by atoms with Crippen LogP contribution in [0.1, 0.15) is 27.6 Å². The molecular weight excluding hydrogens is 401 g/mol. The Bertz CT molecular complexity index is 905. The maximum Gasteiger partial charge on any atom is 0.338 e. The van der Waals surface area contributed by atoms with Crippen LogP contribution < -0.4 is 20.9 Å². The molecule has 0 aromatic heterocycles. The molecule has 2 aromatic rings. The highest BCUT2D eigenvalue weighted by Gasteiger charge is 2.13. The van der Waals surface area contributed by atoms with Gasteiger partial charge in [-0.05, 0) is 55.5 Å². The van der Waals surface area contributed by atoms with Crippen LogP contribution in [0.4, 0.5) is 4.39 Å². The third-order valence-corrected chi connectivity index (χ3v) is 3.60. The molecule has 0 atom stereocenters. The summed E-state index contributed by atoms with van der Waals surface area (Å²) in [5.41, 5.74) is 4.73. The van der Waals surface area contributed by atoms with Crippen molar-refractivity contribution in [2.45, 2.75) is 6.92 Å². The van der Waals surface area contributed by atoms with Gasteiger partial charge in [0, 0.05) is 0 Å². The van der Waals surface area contributed by atoms with Gasteiger partial charge in [0.15, 0.2) is 11.7 Å². The monoisotopic (exact) mass is 419 g/mol. The van der Waals surface area contributed by atoms with Crippen LogP contribution >= 0.6 is 12.2 Å². The molecule has 0 radical (unpaired) electrons. The van der Waals surface area contributed by atoms with E-state index in [-0.39, 0.29) is 23.9 Å². The number of thiocarbonyl (C=S) groups is 1. The number of hydrazine groups is 1. The lowest BCUT2D eigenvalue weighted by atomic mass is 10.2. The number of benzene rings is 2. The molecule has 0 aliphatic rings. The van der Waals surface area contributed by atoms with Crippen LogP contribution in [0.15, 0.2) is 48.5 Å². The average molecular weight is 419 g/mol. The molecule has 152 valence electrons. The standard InChI is InChI=1S/C19H18FN3O5S/c1-2-27-18(26)12-7-9-13(10-8-12)28-11-16(24)22-23-19(29)21-17(25)14-5-3-4-6-15(14)20/h3-10H,2,11H2,1H3,(H,22,24)(H2,21,23,25,29). The van der Waals surface area contributed by atoms with Crippen LogP contribution in [0.3, 0.4) is 0 Å². The normalized spacial score (nSPS) is 9.86. The fourth-order valence-electron chi connectivity index (χ4n) is 2.06. The number of rotatable bonds is 6. The molecule has 0 saturated heterocycles. The number of nitrogens with one attached hydrogen (secondary N) is 3. The molecular formula is C19H18FN3O5S. The molecule has 2 aromatic carbocycles. The molecule has 0 spiro atoms. The van der Waals surface area contributed by atoms with E-state index in [1.165, 1.54) is 42.5 Å². The van der Waals surface area contributed by atoms with Gasteiger partial charge in [0.05, 0.1) is 17.7 Å². The highest BCUT2D eigenvalue weighted by Crippen LogP contribution is 2.12. The second-order valence-corrected chi connectivity index (χ2v) is 5.88. The van der Waals surface area contributed by atoms with Gasteiger partial charge in [0.1, 0.15) is 11.6 Å². The number of halogens is 1. The van der Waals surface area contributed by atoms with E-state index in [9.17, 15) is 18.8 Å². The van der Waals surface area contributed by atoms with Gasteiger partial charge in [-0.1, -0.05) is 12.1 Å². The van der Waals surface area contributed by atoms with Gasteiger partial charge in [-0.25, -0.2) is 9.18 Å². The zero-order valence-corrected chi connectivity index (χ0v) is 16.2. The van der Waals surface area contributed by atoms with E-state index in [0.717, 1.165) is 6.07 Å². The molecule has 0 fully saturated rings. The zero-order valence-electron chi connectivity index (χ0n) is 15.4. The van der Waals surface area contributed by atoms with Crippen molar-refractivity contribution in [3.63, 3.8) is 0 Å². The topological polar surface area (TPSA) is 106 Å². The Labute approximate surface area is 171 Å². The Morgan fingerprint density at radius 3 is 2.38 bits per heavy atom. The Morgan fingerprint density at radius 1 is 1.03 bits per heavy atom. The quantitative estimate of drug-likeness (QED) is 0.372. The van der Waals surface area contributed by atoms with Crippen LogP contribution in [-0.2, 0) is 9.53 Å². The Morgan fingerprint density at radius 2 is 1.72 bits per heavy atom. The van der Waals surface area contributed by atoms with Crippen LogP contribution in [0, 0.1) is 5.82 Å². The third kappa shape index (κ3) is 6.85. The van der Waals surface area contributed by atoms with Gasteiger partial charge in [-0.15, -0.1) is 0 Å². The van der Waals surface area contributed by atoms with Gasteiger partial charge < -0.3 is 9.47 Å². The maximum absolute atomic E-state index is 13.5. The predicted molar refractivity (Wildman–Crippen MR) is 106 cm³/mol. The van der Waals surface area contributed by atoms with Crippen molar-refractivity contribution in [3.8, 4) is 5.75 Å². The van der Waals surface area contributed by atoms with Crippen molar-refractivity contribution >= 4 is 35.1 Å². The second-order valence-electron chi connectivity index (χ2n) is 5.47. The molecule has 2 amide bonds. The summed E-state index contributed by atoms with van der Waals surface area (Å²) >= 11 is 4.86. The lowest BCUT2D eigenvalue weighted by molar-refractivity contribution is -0.123. The molecule has 0 unspecified atom stereocenters. The van der Waals surface area contributed by atoms with Crippen molar-refractivity contribution in [3.05, 3.63) is 65.5 Å². The number of hydrogen-bond acceptors (Lipinski definition) is 6. The number of carbonyl (C=O) groups is 3. The number of carbonyl (C=O) groups excluding carboxylic acids is 3. The summed E-state index contributed by atoms with van der Waals surface area (Å²) in [6.45, 7) is 1.63. The van der Waals surface area contributed by atoms with Crippen LogP contribution in [-0.4, -0.2) is 36.1 Å². The van der Waals surface area contributed by atoms with Crippen molar-refractivity contribution in [2.24, 2.45) is 0 Å². The van der Waals surface area contributed by atoms with Crippen molar-refractivity contribution in [1.29, 1.82) is 0 Å². The second kappa shape index (κ2) is 10.7. The molecule has 0 saturated carbocycles. The molecule has 0 bridgehead atoms. The van der Waals surface area contributed by atoms with E-state index in [0.29, 0.717) is 11.3 Å². The minimum atomic E-state index is -0.757. The van der Waals surface area contributed by atoms with Crippen molar-refractivity contribution in [1.82, 2.24) is 16.2 Å². The lowest BCUT2D eigenvalue weighted by Gasteiger charge is -2.11. The summed E-state index contributed by atoms with van der Waals surface area (Å²) in [6.07, 6.45) is 0. The molecule has 0 heterocycles. The summed E-state index contributed by atoms with van der Waals surface area (Å²) in [7, 11) is 0. The highest BCUT2D eigenvalue weighted by atomic mass is 32.1. The van der Waals surface area contributed by atoms with Crippen LogP contribution in [0.2, 0.25) is 0 Å². The number of amides is 2. The minimum Gasteiger partial charge on any atom is -0.484 e. The molecule has 10 heteroatoms. The smallest absolute Gasteiger partial charge is 0.338 e. The Balaban J connectivity index is 1.74. The first kappa shape index (κ1) is 21.8. The number of esters is 1. The van der Waals surface area contributed by atoms with Crippen LogP contribution in [0.5, 0.6) is 5.75 Å². The first-order valence-corrected chi connectivity index (χ1v) is 8.86. The Hall–Kier alpha value is -3.53. The first-order chi connectivity index (χ1) is 13.9. The molecule has 0 aliphatic carbocycles. The number of ether oxygens (including phenoxy) is 2. The van der Waals surface area contributed by atoms with Gasteiger partial charge in [-0.2, -0.15) is 0 Å². The largest absolute Gasteiger partial charge is 0.484 e. The number of hydrogen-bond donors (Lipinski definition) is 3.